The minimum atomic E-state index is -0.336. The van der Waals surface area contributed by atoms with Crippen LogP contribution < -0.4 is 0 Å². The number of hydrogen-bond donors (Lipinski definition) is 0. The Morgan fingerprint density at radius 1 is 1.05 bits per heavy atom. The van der Waals surface area contributed by atoms with Gasteiger partial charge in [0.2, 0.25) is 0 Å². The SMILES string of the molecule is O=C1[C@@H]2[C@H](C(=O)N1/N=C\c1ccc(F)cc1)[C@H]1C=C[C@H]2C1. The van der Waals surface area contributed by atoms with Crippen molar-refractivity contribution in [2.45, 2.75) is 6.42 Å². The van der Waals surface area contributed by atoms with Crippen molar-refractivity contribution in [1.82, 2.24) is 5.01 Å². The molecule has 2 aliphatic carbocycles. The van der Waals surface area contributed by atoms with E-state index >= 15 is 0 Å². The molecule has 0 unspecified atom stereocenters. The highest BCUT2D eigenvalue weighted by Gasteiger charge is 2.59. The molecule has 0 spiro atoms. The molecule has 1 saturated carbocycles. The van der Waals surface area contributed by atoms with Gasteiger partial charge in [-0.05, 0) is 36.0 Å². The zero-order valence-electron chi connectivity index (χ0n) is 11.1. The van der Waals surface area contributed by atoms with Crippen LogP contribution in [0.15, 0.2) is 41.5 Å². The fraction of sp³-hybridized carbons (Fsp3) is 0.312. The van der Waals surface area contributed by atoms with E-state index in [1.54, 1.807) is 12.1 Å². The minimum absolute atomic E-state index is 0.183. The second-order valence-corrected chi connectivity index (χ2v) is 5.78. The van der Waals surface area contributed by atoms with Gasteiger partial charge in [-0.2, -0.15) is 10.1 Å². The Kier molecular flexibility index (Phi) is 2.58. The summed E-state index contributed by atoms with van der Waals surface area (Å²) in [5, 5.41) is 5.01. The molecule has 1 saturated heterocycles. The van der Waals surface area contributed by atoms with Crippen molar-refractivity contribution in [3.05, 3.63) is 47.8 Å². The van der Waals surface area contributed by atoms with Crippen LogP contribution in [0.2, 0.25) is 0 Å². The molecular weight excluding hydrogens is 271 g/mol. The Balaban J connectivity index is 1.58. The predicted octanol–water partition coefficient (Wildman–Crippen LogP) is 1.97. The Morgan fingerprint density at radius 2 is 1.62 bits per heavy atom. The summed E-state index contributed by atoms with van der Waals surface area (Å²) in [6.45, 7) is 0. The van der Waals surface area contributed by atoms with Crippen LogP contribution in [0.25, 0.3) is 0 Å². The lowest BCUT2D eigenvalue weighted by Gasteiger charge is -2.13. The molecule has 0 N–H and O–H groups in total. The molecule has 4 nitrogen and oxygen atoms in total. The lowest BCUT2D eigenvalue weighted by molar-refractivity contribution is -0.140. The fourth-order valence-electron chi connectivity index (χ4n) is 3.67. The summed E-state index contributed by atoms with van der Waals surface area (Å²) in [5.74, 6) is -0.862. The molecular formula is C16H13FN2O2. The van der Waals surface area contributed by atoms with E-state index in [0.717, 1.165) is 11.4 Å². The number of rotatable bonds is 2. The van der Waals surface area contributed by atoms with Crippen LogP contribution in [0.5, 0.6) is 0 Å². The molecule has 1 heterocycles. The topological polar surface area (TPSA) is 49.7 Å². The van der Waals surface area contributed by atoms with E-state index in [9.17, 15) is 14.0 Å². The molecule has 1 aromatic rings. The second kappa shape index (κ2) is 4.35. The van der Waals surface area contributed by atoms with Gasteiger partial charge in [0.15, 0.2) is 0 Å². The highest BCUT2D eigenvalue weighted by atomic mass is 19.1. The van der Waals surface area contributed by atoms with E-state index in [0.29, 0.717) is 5.56 Å². The van der Waals surface area contributed by atoms with Crippen LogP contribution >= 0.6 is 0 Å². The molecule has 2 bridgehead atoms. The van der Waals surface area contributed by atoms with Gasteiger partial charge in [-0.15, -0.1) is 0 Å². The van der Waals surface area contributed by atoms with Gasteiger partial charge in [0.1, 0.15) is 5.82 Å². The van der Waals surface area contributed by atoms with Gasteiger partial charge in [-0.25, -0.2) is 4.39 Å². The second-order valence-electron chi connectivity index (χ2n) is 5.78. The number of nitrogens with zero attached hydrogens (tertiary/aromatic N) is 2. The molecule has 2 amide bonds. The number of imide groups is 1. The zero-order chi connectivity index (χ0) is 14.6. The molecule has 4 rings (SSSR count). The van der Waals surface area contributed by atoms with Gasteiger partial charge in [0.25, 0.3) is 11.8 Å². The summed E-state index contributed by atoms with van der Waals surface area (Å²) >= 11 is 0. The first-order chi connectivity index (χ1) is 10.1. The maximum Gasteiger partial charge on any atom is 0.254 e. The monoisotopic (exact) mass is 284 g/mol. The van der Waals surface area contributed by atoms with Crippen LogP contribution in [0.3, 0.4) is 0 Å². The van der Waals surface area contributed by atoms with Gasteiger partial charge < -0.3 is 0 Å². The third kappa shape index (κ3) is 1.77. The first-order valence-electron chi connectivity index (χ1n) is 7.01. The van der Waals surface area contributed by atoms with Gasteiger partial charge in [0, 0.05) is 0 Å². The molecule has 21 heavy (non-hydrogen) atoms. The fourth-order valence-corrected chi connectivity index (χ4v) is 3.67. The molecule has 5 heteroatoms. The zero-order valence-corrected chi connectivity index (χ0v) is 11.1. The molecule has 106 valence electrons. The van der Waals surface area contributed by atoms with Crippen LogP contribution in [0.1, 0.15) is 12.0 Å². The smallest absolute Gasteiger partial charge is 0.254 e. The van der Waals surface area contributed by atoms with Gasteiger partial charge in [-0.3, -0.25) is 9.59 Å². The van der Waals surface area contributed by atoms with Crippen molar-refractivity contribution >= 4 is 18.0 Å². The van der Waals surface area contributed by atoms with Gasteiger partial charge >= 0.3 is 0 Å². The number of hydrazone groups is 1. The number of fused-ring (bicyclic) bond motifs is 5. The number of carbonyl (C=O) groups excluding carboxylic acids is 2. The molecule has 1 aromatic carbocycles. The molecule has 4 atom stereocenters. The average Bonchev–Trinajstić information content (AvgIpc) is 3.14. The molecule has 0 aromatic heterocycles. The Morgan fingerprint density at radius 3 is 2.19 bits per heavy atom. The summed E-state index contributed by atoms with van der Waals surface area (Å²) in [7, 11) is 0. The molecule has 3 aliphatic rings. The van der Waals surface area contributed by atoms with E-state index in [1.807, 2.05) is 12.2 Å². The highest BCUT2D eigenvalue weighted by molar-refractivity contribution is 6.06. The Labute approximate surface area is 120 Å². The number of halogens is 1. The largest absolute Gasteiger partial charge is 0.272 e. The number of amides is 2. The maximum atomic E-state index is 12.8. The number of carbonyl (C=O) groups is 2. The number of allylic oxidation sites excluding steroid dienone is 2. The van der Waals surface area contributed by atoms with Gasteiger partial charge in [0.05, 0.1) is 18.1 Å². The third-order valence-electron chi connectivity index (χ3n) is 4.64. The number of benzene rings is 1. The van der Waals surface area contributed by atoms with Crippen molar-refractivity contribution in [3.63, 3.8) is 0 Å². The predicted molar refractivity (Wildman–Crippen MR) is 73.6 cm³/mol. The number of hydrogen-bond acceptors (Lipinski definition) is 3. The van der Waals surface area contributed by atoms with Gasteiger partial charge in [-0.1, -0.05) is 24.3 Å². The van der Waals surface area contributed by atoms with E-state index in [1.165, 1.54) is 18.3 Å². The summed E-state index contributed by atoms with van der Waals surface area (Å²) in [6, 6.07) is 5.73. The lowest BCUT2D eigenvalue weighted by atomic mass is 9.85. The third-order valence-corrected chi connectivity index (χ3v) is 4.64. The average molecular weight is 284 g/mol. The summed E-state index contributed by atoms with van der Waals surface area (Å²) in [4.78, 5) is 24.7. The molecule has 1 aliphatic heterocycles. The Bertz CT molecular complexity index is 650. The van der Waals surface area contributed by atoms with Crippen molar-refractivity contribution in [2.75, 3.05) is 0 Å². The first-order valence-corrected chi connectivity index (χ1v) is 7.01. The standard InChI is InChI=1S/C16H13FN2O2/c17-12-5-1-9(2-6-12)8-18-19-15(20)13-10-3-4-11(7-10)14(13)16(19)21/h1-6,8,10-11,13-14H,7H2/b18-8-/t10-,11-,13-,14+/m0/s1. The minimum Gasteiger partial charge on any atom is -0.272 e. The van der Waals surface area contributed by atoms with E-state index in [2.05, 4.69) is 5.10 Å². The molecule has 0 radical (unpaired) electrons. The van der Waals surface area contributed by atoms with Crippen LogP contribution in [-0.4, -0.2) is 23.0 Å². The summed E-state index contributed by atoms with van der Waals surface area (Å²) in [6.07, 6.45) is 6.42. The van der Waals surface area contributed by atoms with E-state index in [-0.39, 0.29) is 41.3 Å². The highest BCUT2D eigenvalue weighted by Crippen LogP contribution is 2.52. The van der Waals surface area contributed by atoms with Crippen LogP contribution in [-0.2, 0) is 9.59 Å². The van der Waals surface area contributed by atoms with Crippen LogP contribution in [0, 0.1) is 29.5 Å². The van der Waals surface area contributed by atoms with Crippen molar-refractivity contribution < 1.29 is 14.0 Å². The lowest BCUT2D eigenvalue weighted by Crippen LogP contribution is -2.28. The summed E-state index contributed by atoms with van der Waals surface area (Å²) in [5.41, 5.74) is 0.648. The van der Waals surface area contributed by atoms with Crippen LogP contribution in [0.4, 0.5) is 4.39 Å². The quantitative estimate of drug-likeness (QED) is 0.473. The summed E-state index contributed by atoms with van der Waals surface area (Å²) < 4.78 is 12.8. The maximum absolute atomic E-state index is 12.8. The van der Waals surface area contributed by atoms with E-state index < -0.39 is 0 Å². The normalized spacial score (nSPS) is 33.5. The molecule has 2 fully saturated rings. The van der Waals surface area contributed by atoms with Crippen molar-refractivity contribution in [3.8, 4) is 0 Å². The first kappa shape index (κ1) is 12.4. The van der Waals surface area contributed by atoms with Crippen molar-refractivity contribution in [2.24, 2.45) is 28.8 Å². The van der Waals surface area contributed by atoms with E-state index in [4.69, 9.17) is 0 Å². The Hall–Kier alpha value is -2.30. The van der Waals surface area contributed by atoms with Crippen molar-refractivity contribution in [1.29, 1.82) is 0 Å².